The molecule has 0 aromatic heterocycles. The van der Waals surface area contributed by atoms with Crippen molar-refractivity contribution < 1.29 is 9.18 Å². The van der Waals surface area contributed by atoms with Gasteiger partial charge < -0.3 is 10.2 Å². The van der Waals surface area contributed by atoms with Crippen molar-refractivity contribution in [2.45, 2.75) is 13.0 Å². The van der Waals surface area contributed by atoms with E-state index in [-0.39, 0.29) is 11.7 Å². The summed E-state index contributed by atoms with van der Waals surface area (Å²) in [4.78, 5) is 14.5. The Bertz CT molecular complexity index is 656. The van der Waals surface area contributed by atoms with Crippen LogP contribution >= 0.6 is 0 Å². The molecule has 3 nitrogen and oxygen atoms in total. The van der Waals surface area contributed by atoms with Crippen LogP contribution in [0.1, 0.15) is 17.3 Å². The largest absolute Gasteiger partial charge is 0.336 e. The van der Waals surface area contributed by atoms with Crippen molar-refractivity contribution in [3.05, 3.63) is 47.8 Å². The van der Waals surface area contributed by atoms with Crippen LogP contribution in [0.5, 0.6) is 0 Å². The van der Waals surface area contributed by atoms with Gasteiger partial charge in [0.2, 0.25) is 0 Å². The van der Waals surface area contributed by atoms with Gasteiger partial charge in [-0.25, -0.2) is 4.39 Å². The van der Waals surface area contributed by atoms with Gasteiger partial charge in [-0.3, -0.25) is 4.79 Å². The number of hydrogen-bond donors (Lipinski definition) is 1. The quantitative estimate of drug-likeness (QED) is 0.864. The molecule has 1 heterocycles. The number of hydrogen-bond acceptors (Lipinski definition) is 2. The molecule has 4 heteroatoms. The Morgan fingerprint density at radius 2 is 2.00 bits per heavy atom. The SMILES string of the molecule is CC1CN(C(=O)c2ccc(F)c3ccccc23)CCN1. The number of benzene rings is 2. The van der Waals surface area contributed by atoms with E-state index in [0.717, 1.165) is 6.54 Å². The maximum Gasteiger partial charge on any atom is 0.254 e. The fraction of sp³-hybridized carbons (Fsp3) is 0.312. The average molecular weight is 272 g/mol. The number of rotatable bonds is 1. The molecular formula is C16H17FN2O. The lowest BCUT2D eigenvalue weighted by Gasteiger charge is -2.32. The number of piperazine rings is 1. The lowest BCUT2D eigenvalue weighted by molar-refractivity contribution is 0.0711. The van der Waals surface area contributed by atoms with E-state index in [0.29, 0.717) is 35.5 Å². The van der Waals surface area contributed by atoms with Gasteiger partial charge in [0, 0.05) is 36.6 Å². The first-order valence-electron chi connectivity index (χ1n) is 6.87. The fourth-order valence-corrected chi connectivity index (χ4v) is 2.74. The molecule has 1 aliphatic rings. The standard InChI is InChI=1S/C16H17FN2O/c1-11-10-19(9-8-18-11)16(20)14-6-7-15(17)13-5-3-2-4-12(13)14/h2-7,11,18H,8-10H2,1H3. The van der Waals surface area contributed by atoms with Crippen molar-refractivity contribution >= 4 is 16.7 Å². The van der Waals surface area contributed by atoms with E-state index in [1.807, 2.05) is 11.0 Å². The molecule has 1 saturated heterocycles. The third-order valence-corrected chi connectivity index (χ3v) is 3.76. The molecule has 104 valence electrons. The summed E-state index contributed by atoms with van der Waals surface area (Å²) in [5.74, 6) is -0.305. The van der Waals surface area contributed by atoms with Crippen LogP contribution in [0.4, 0.5) is 4.39 Å². The molecule has 0 bridgehead atoms. The van der Waals surface area contributed by atoms with Gasteiger partial charge >= 0.3 is 0 Å². The summed E-state index contributed by atoms with van der Waals surface area (Å²) >= 11 is 0. The minimum absolute atomic E-state index is 0.0189. The lowest BCUT2D eigenvalue weighted by Crippen LogP contribution is -2.51. The molecule has 0 aliphatic carbocycles. The molecule has 3 rings (SSSR count). The highest BCUT2D eigenvalue weighted by Gasteiger charge is 2.23. The molecule has 0 saturated carbocycles. The van der Waals surface area contributed by atoms with Crippen LogP contribution in [0.25, 0.3) is 10.8 Å². The molecule has 2 aromatic carbocycles. The molecule has 1 unspecified atom stereocenters. The topological polar surface area (TPSA) is 32.3 Å². The van der Waals surface area contributed by atoms with Crippen LogP contribution in [0.3, 0.4) is 0 Å². The highest BCUT2D eigenvalue weighted by molar-refractivity contribution is 6.07. The van der Waals surface area contributed by atoms with Gasteiger partial charge in [0.05, 0.1) is 0 Å². The van der Waals surface area contributed by atoms with Crippen molar-refractivity contribution in [2.24, 2.45) is 0 Å². The number of nitrogens with one attached hydrogen (secondary N) is 1. The van der Waals surface area contributed by atoms with Crippen LogP contribution in [0.15, 0.2) is 36.4 Å². The highest BCUT2D eigenvalue weighted by Crippen LogP contribution is 2.23. The monoisotopic (exact) mass is 272 g/mol. The van der Waals surface area contributed by atoms with Crippen LogP contribution in [-0.4, -0.2) is 36.5 Å². The number of halogens is 1. The molecule has 1 aliphatic heterocycles. The number of carbonyl (C=O) groups excluding carboxylic acids is 1. The Kier molecular flexibility index (Phi) is 3.40. The minimum atomic E-state index is -0.286. The molecule has 2 aromatic rings. The Morgan fingerprint density at radius 3 is 2.75 bits per heavy atom. The molecule has 1 fully saturated rings. The summed E-state index contributed by atoms with van der Waals surface area (Å²) in [6.45, 7) is 4.23. The second kappa shape index (κ2) is 5.21. The first kappa shape index (κ1) is 13.1. The van der Waals surface area contributed by atoms with Gasteiger partial charge in [0.15, 0.2) is 0 Å². The van der Waals surface area contributed by atoms with Crippen molar-refractivity contribution in [3.8, 4) is 0 Å². The molecule has 1 amide bonds. The first-order chi connectivity index (χ1) is 9.66. The van der Waals surface area contributed by atoms with E-state index < -0.39 is 0 Å². The molecule has 20 heavy (non-hydrogen) atoms. The van der Waals surface area contributed by atoms with Crippen LogP contribution in [-0.2, 0) is 0 Å². The van der Waals surface area contributed by atoms with Crippen LogP contribution in [0.2, 0.25) is 0 Å². The second-order valence-electron chi connectivity index (χ2n) is 5.25. The number of amides is 1. The average Bonchev–Trinajstić information content (AvgIpc) is 2.47. The first-order valence-corrected chi connectivity index (χ1v) is 6.87. The highest BCUT2D eigenvalue weighted by atomic mass is 19.1. The van der Waals surface area contributed by atoms with E-state index in [1.165, 1.54) is 6.07 Å². The second-order valence-corrected chi connectivity index (χ2v) is 5.25. The third kappa shape index (κ3) is 2.27. The Labute approximate surface area is 117 Å². The van der Waals surface area contributed by atoms with Gasteiger partial charge in [-0.05, 0) is 24.4 Å². The van der Waals surface area contributed by atoms with Crippen LogP contribution < -0.4 is 5.32 Å². The molecule has 0 radical (unpaired) electrons. The van der Waals surface area contributed by atoms with Gasteiger partial charge in [0.1, 0.15) is 5.82 Å². The predicted octanol–water partition coefficient (Wildman–Crippen LogP) is 2.41. The van der Waals surface area contributed by atoms with Crippen molar-refractivity contribution in [2.75, 3.05) is 19.6 Å². The zero-order chi connectivity index (χ0) is 14.1. The minimum Gasteiger partial charge on any atom is -0.336 e. The third-order valence-electron chi connectivity index (χ3n) is 3.76. The van der Waals surface area contributed by atoms with E-state index in [9.17, 15) is 9.18 Å². The van der Waals surface area contributed by atoms with Gasteiger partial charge in [-0.1, -0.05) is 24.3 Å². The summed E-state index contributed by atoms with van der Waals surface area (Å²) in [6.07, 6.45) is 0. The van der Waals surface area contributed by atoms with Crippen molar-refractivity contribution in [1.29, 1.82) is 0 Å². The van der Waals surface area contributed by atoms with E-state index in [2.05, 4.69) is 12.2 Å². The lowest BCUT2D eigenvalue weighted by atomic mass is 10.0. The zero-order valence-corrected chi connectivity index (χ0v) is 11.4. The summed E-state index contributed by atoms with van der Waals surface area (Å²) in [5, 5.41) is 4.50. The smallest absolute Gasteiger partial charge is 0.254 e. The van der Waals surface area contributed by atoms with E-state index >= 15 is 0 Å². The van der Waals surface area contributed by atoms with Gasteiger partial charge in [-0.15, -0.1) is 0 Å². The van der Waals surface area contributed by atoms with Gasteiger partial charge in [-0.2, -0.15) is 0 Å². The maximum absolute atomic E-state index is 13.8. The predicted molar refractivity (Wildman–Crippen MR) is 77.3 cm³/mol. The van der Waals surface area contributed by atoms with Crippen molar-refractivity contribution in [3.63, 3.8) is 0 Å². The summed E-state index contributed by atoms with van der Waals surface area (Å²) in [7, 11) is 0. The molecule has 0 spiro atoms. The fourth-order valence-electron chi connectivity index (χ4n) is 2.74. The Morgan fingerprint density at radius 1 is 1.25 bits per heavy atom. The summed E-state index contributed by atoms with van der Waals surface area (Å²) < 4.78 is 13.8. The Balaban J connectivity index is 2.01. The van der Waals surface area contributed by atoms with E-state index in [1.54, 1.807) is 24.3 Å². The van der Waals surface area contributed by atoms with Crippen LogP contribution in [0, 0.1) is 5.82 Å². The Hall–Kier alpha value is -1.94. The summed E-state index contributed by atoms with van der Waals surface area (Å²) in [6, 6.07) is 10.4. The normalized spacial score (nSPS) is 19.3. The number of fused-ring (bicyclic) bond motifs is 1. The molecule has 1 N–H and O–H groups in total. The van der Waals surface area contributed by atoms with Gasteiger partial charge in [0.25, 0.3) is 5.91 Å². The maximum atomic E-state index is 13.8. The number of carbonyl (C=O) groups is 1. The number of nitrogens with zero attached hydrogens (tertiary/aromatic N) is 1. The summed E-state index contributed by atoms with van der Waals surface area (Å²) in [5.41, 5.74) is 0.580. The van der Waals surface area contributed by atoms with Crippen molar-refractivity contribution in [1.82, 2.24) is 10.2 Å². The van der Waals surface area contributed by atoms with E-state index in [4.69, 9.17) is 0 Å². The molecule has 1 atom stereocenters. The zero-order valence-electron chi connectivity index (χ0n) is 11.4. The molecular weight excluding hydrogens is 255 g/mol.